The Bertz CT molecular complexity index is 344. The van der Waals surface area contributed by atoms with Crippen molar-refractivity contribution in [2.24, 2.45) is 0 Å². The zero-order valence-corrected chi connectivity index (χ0v) is 13.7. The first-order valence-electron chi connectivity index (χ1n) is 5.24. The summed E-state index contributed by atoms with van der Waals surface area (Å²) in [5.41, 5.74) is 0. The molecule has 4 heteroatoms. The summed E-state index contributed by atoms with van der Waals surface area (Å²) < 4.78 is 17.4. The van der Waals surface area contributed by atoms with Crippen LogP contribution in [0.25, 0.3) is 0 Å². The van der Waals surface area contributed by atoms with Crippen molar-refractivity contribution in [3.8, 4) is 17.2 Å². The number of benzene rings is 1. The Hall–Kier alpha value is -0.581. The van der Waals surface area contributed by atoms with Crippen LogP contribution in [0, 0.1) is 0 Å². The third-order valence-electron chi connectivity index (χ3n) is 2.47. The van der Waals surface area contributed by atoms with Crippen LogP contribution in [0.2, 0.25) is 14.8 Å². The summed E-state index contributed by atoms with van der Waals surface area (Å²) in [5, 5.41) is 0. The number of hydrogen-bond donors (Lipinski definition) is 0. The first-order valence-corrected chi connectivity index (χ1v) is 15.2. The van der Waals surface area contributed by atoms with Crippen molar-refractivity contribution in [2.45, 2.75) is 14.8 Å². The monoisotopic (exact) mass is 332 g/mol. The summed E-state index contributed by atoms with van der Waals surface area (Å²) >= 11 is -2.26. The Morgan fingerprint density at radius 2 is 1.25 bits per heavy atom. The van der Waals surface area contributed by atoms with Crippen molar-refractivity contribution < 1.29 is 14.2 Å². The predicted octanol–water partition coefficient (Wildman–Crippen LogP) is 2.26. The molecule has 3 nitrogen and oxygen atoms in total. The molecule has 0 fully saturated rings. The number of ether oxygens (including phenoxy) is 3. The van der Waals surface area contributed by atoms with Crippen LogP contribution in [0.1, 0.15) is 0 Å². The molecule has 16 heavy (non-hydrogen) atoms. The molecule has 0 aliphatic heterocycles. The molecule has 0 bridgehead atoms. The molecule has 0 aliphatic rings. The van der Waals surface area contributed by atoms with Gasteiger partial charge in [-0.3, -0.25) is 0 Å². The zero-order valence-electron chi connectivity index (χ0n) is 10.9. The normalized spacial score (nSPS) is 11.1. The molecule has 90 valence electrons. The standard InChI is InChI=1S/C9H11O3.3CH3.Sn/c1-10-7-4-8(11-2)6-9(5-7)12-3;;;;/h4-5H,1-3H3;3*1H3;. The first-order chi connectivity index (χ1) is 7.43. The van der Waals surface area contributed by atoms with Gasteiger partial charge in [-0.25, -0.2) is 0 Å². The molecule has 1 aromatic rings. The molecule has 0 amide bonds. The molecule has 0 saturated carbocycles. The molecule has 0 unspecified atom stereocenters. The fourth-order valence-electron chi connectivity index (χ4n) is 1.74. The molecule has 0 atom stereocenters. The average Bonchev–Trinajstić information content (AvgIpc) is 2.25. The number of rotatable bonds is 4. The van der Waals surface area contributed by atoms with E-state index in [9.17, 15) is 0 Å². The summed E-state index contributed by atoms with van der Waals surface area (Å²) in [5.74, 6) is 2.55. The minimum absolute atomic E-state index is 0.771. The topological polar surface area (TPSA) is 27.7 Å². The number of methoxy groups -OCH3 is 3. The molecule has 1 rings (SSSR count). The van der Waals surface area contributed by atoms with Gasteiger partial charge in [-0.05, 0) is 0 Å². The number of hydrogen-bond acceptors (Lipinski definition) is 3. The van der Waals surface area contributed by atoms with Crippen LogP contribution in [0.4, 0.5) is 0 Å². The third kappa shape index (κ3) is 2.75. The molecule has 0 aliphatic carbocycles. The molecule has 0 saturated heterocycles. The second-order valence-electron chi connectivity index (χ2n) is 4.66. The van der Waals surface area contributed by atoms with E-state index in [4.69, 9.17) is 14.2 Å². The van der Waals surface area contributed by atoms with E-state index in [1.165, 1.54) is 3.58 Å². The van der Waals surface area contributed by atoms with Gasteiger partial charge in [-0.1, -0.05) is 0 Å². The summed E-state index contributed by atoms with van der Waals surface area (Å²) in [6, 6.07) is 3.86. The van der Waals surface area contributed by atoms with Gasteiger partial charge in [0, 0.05) is 0 Å². The molecule has 0 aromatic heterocycles. The fraction of sp³-hybridized carbons (Fsp3) is 0.500. The molecule has 0 spiro atoms. The Kier molecular flexibility index (Phi) is 4.35. The van der Waals surface area contributed by atoms with Gasteiger partial charge in [0.05, 0.1) is 0 Å². The maximum atomic E-state index is 5.45. The van der Waals surface area contributed by atoms with E-state index < -0.39 is 18.4 Å². The van der Waals surface area contributed by atoms with E-state index in [2.05, 4.69) is 14.8 Å². The Morgan fingerprint density at radius 1 is 0.812 bits per heavy atom. The van der Waals surface area contributed by atoms with Gasteiger partial charge in [0.15, 0.2) is 0 Å². The molecule has 0 N–H and O–H groups in total. The van der Waals surface area contributed by atoms with Crippen molar-refractivity contribution in [2.75, 3.05) is 21.3 Å². The van der Waals surface area contributed by atoms with Crippen molar-refractivity contribution in [1.29, 1.82) is 0 Å². The van der Waals surface area contributed by atoms with Crippen LogP contribution >= 0.6 is 0 Å². The van der Waals surface area contributed by atoms with Crippen molar-refractivity contribution in [3.63, 3.8) is 0 Å². The van der Waals surface area contributed by atoms with Gasteiger partial charge in [0.2, 0.25) is 0 Å². The summed E-state index contributed by atoms with van der Waals surface area (Å²) in [6.07, 6.45) is 0. The quantitative estimate of drug-likeness (QED) is 0.793. The Balaban J connectivity index is 3.44. The van der Waals surface area contributed by atoms with Crippen LogP contribution in [0.15, 0.2) is 12.1 Å². The van der Waals surface area contributed by atoms with Gasteiger partial charge in [-0.15, -0.1) is 0 Å². The van der Waals surface area contributed by atoms with Gasteiger partial charge in [-0.2, -0.15) is 0 Å². The maximum absolute atomic E-state index is 5.45. The van der Waals surface area contributed by atoms with Crippen LogP contribution in [0.3, 0.4) is 0 Å². The Labute approximate surface area is 102 Å². The van der Waals surface area contributed by atoms with E-state index in [-0.39, 0.29) is 0 Å². The first kappa shape index (κ1) is 13.5. The van der Waals surface area contributed by atoms with Gasteiger partial charge in [0.25, 0.3) is 0 Å². The van der Waals surface area contributed by atoms with Gasteiger partial charge < -0.3 is 0 Å². The molecule has 1 aromatic carbocycles. The third-order valence-corrected chi connectivity index (χ3v) is 8.15. The molecule has 0 radical (unpaired) electrons. The van der Waals surface area contributed by atoms with Crippen LogP contribution in [0.5, 0.6) is 17.2 Å². The van der Waals surface area contributed by atoms with E-state index in [0.29, 0.717) is 0 Å². The van der Waals surface area contributed by atoms with Gasteiger partial charge >= 0.3 is 102 Å². The van der Waals surface area contributed by atoms with Crippen molar-refractivity contribution >= 4 is 22.0 Å². The molecular formula is C12H20O3Sn. The minimum atomic E-state index is -2.26. The van der Waals surface area contributed by atoms with E-state index >= 15 is 0 Å². The van der Waals surface area contributed by atoms with E-state index in [1.807, 2.05) is 12.1 Å². The van der Waals surface area contributed by atoms with Crippen molar-refractivity contribution in [3.05, 3.63) is 12.1 Å². The molecular weight excluding hydrogens is 311 g/mol. The fourth-order valence-corrected chi connectivity index (χ4v) is 6.96. The van der Waals surface area contributed by atoms with Crippen molar-refractivity contribution in [1.82, 2.24) is 0 Å². The van der Waals surface area contributed by atoms with Crippen LogP contribution in [-0.2, 0) is 0 Å². The second-order valence-corrected chi connectivity index (χ2v) is 18.9. The summed E-state index contributed by atoms with van der Waals surface area (Å²) in [7, 11) is 5.03. The van der Waals surface area contributed by atoms with Crippen LogP contribution < -0.4 is 17.8 Å². The zero-order chi connectivity index (χ0) is 12.3. The summed E-state index contributed by atoms with van der Waals surface area (Å²) in [4.78, 5) is 7.00. The van der Waals surface area contributed by atoms with E-state index in [1.54, 1.807) is 21.3 Å². The van der Waals surface area contributed by atoms with Gasteiger partial charge in [0.1, 0.15) is 0 Å². The van der Waals surface area contributed by atoms with E-state index in [0.717, 1.165) is 17.2 Å². The SMILES string of the molecule is COc1cc(OC)[c]([Sn]([CH3])([CH3])[CH3])c(OC)c1. The predicted molar refractivity (Wildman–Crippen MR) is 69.1 cm³/mol. The second kappa shape index (κ2) is 5.17. The molecule has 0 heterocycles. The summed E-state index contributed by atoms with van der Waals surface area (Å²) in [6.45, 7) is 0. The van der Waals surface area contributed by atoms with Crippen LogP contribution in [-0.4, -0.2) is 39.7 Å². The Morgan fingerprint density at radius 3 is 1.50 bits per heavy atom. The average molecular weight is 331 g/mol.